The third-order valence-corrected chi connectivity index (χ3v) is 7.03. The Labute approximate surface area is 150 Å². The van der Waals surface area contributed by atoms with Gasteiger partial charge in [0.15, 0.2) is 0 Å². The van der Waals surface area contributed by atoms with Gasteiger partial charge in [-0.25, -0.2) is 9.78 Å². The number of hydrogen-bond donors (Lipinski definition) is 1. The number of aliphatic carboxylic acids is 1. The molecule has 6 heteroatoms. The molecule has 25 heavy (non-hydrogen) atoms. The summed E-state index contributed by atoms with van der Waals surface area (Å²) in [6.07, 6.45) is 6.51. The molecule has 2 fully saturated rings. The van der Waals surface area contributed by atoms with Crippen LogP contribution in [0.15, 0.2) is 12.3 Å². The monoisotopic (exact) mass is 358 g/mol. The van der Waals surface area contributed by atoms with Crippen molar-refractivity contribution < 1.29 is 14.7 Å². The first kappa shape index (κ1) is 16.5. The van der Waals surface area contributed by atoms with Crippen molar-refractivity contribution in [1.82, 2.24) is 9.88 Å². The minimum atomic E-state index is -0.879. The van der Waals surface area contributed by atoms with Crippen LogP contribution < -0.4 is 0 Å². The first-order valence-corrected chi connectivity index (χ1v) is 9.71. The quantitative estimate of drug-likeness (QED) is 0.887. The minimum Gasteiger partial charge on any atom is -0.480 e. The van der Waals surface area contributed by atoms with E-state index in [0.717, 1.165) is 47.0 Å². The molecule has 0 spiro atoms. The van der Waals surface area contributed by atoms with Crippen molar-refractivity contribution in [2.24, 2.45) is 5.92 Å². The van der Waals surface area contributed by atoms with Gasteiger partial charge in [0.2, 0.25) is 0 Å². The second-order valence-corrected chi connectivity index (χ2v) is 8.28. The van der Waals surface area contributed by atoms with Crippen LogP contribution in [0, 0.1) is 19.8 Å². The molecule has 5 nitrogen and oxygen atoms in total. The number of amides is 1. The second-order valence-electron chi connectivity index (χ2n) is 7.28. The van der Waals surface area contributed by atoms with Gasteiger partial charge in [0.1, 0.15) is 10.9 Å². The highest BCUT2D eigenvalue weighted by molar-refractivity contribution is 7.20. The van der Waals surface area contributed by atoms with Crippen molar-refractivity contribution in [3.8, 4) is 0 Å². The molecule has 1 amide bonds. The average Bonchev–Trinajstić information content (AvgIpc) is 3.14. The van der Waals surface area contributed by atoms with E-state index < -0.39 is 12.0 Å². The van der Waals surface area contributed by atoms with Gasteiger partial charge in [-0.2, -0.15) is 0 Å². The molecule has 0 radical (unpaired) electrons. The topological polar surface area (TPSA) is 70.5 Å². The third kappa shape index (κ3) is 2.54. The number of aromatic nitrogens is 1. The van der Waals surface area contributed by atoms with E-state index in [-0.39, 0.29) is 11.9 Å². The molecule has 2 aliphatic rings. The Bertz CT molecular complexity index is 860. The van der Waals surface area contributed by atoms with Crippen molar-refractivity contribution in [3.05, 3.63) is 28.3 Å². The predicted octanol–water partition coefficient (Wildman–Crippen LogP) is 3.77. The number of thiophene rings is 1. The van der Waals surface area contributed by atoms with E-state index in [0.29, 0.717) is 17.2 Å². The van der Waals surface area contributed by atoms with Crippen molar-refractivity contribution in [3.63, 3.8) is 0 Å². The van der Waals surface area contributed by atoms with Gasteiger partial charge < -0.3 is 10.0 Å². The second kappa shape index (κ2) is 6.09. The maximum Gasteiger partial charge on any atom is 0.326 e. The number of nitrogens with zero attached hydrogens (tertiary/aromatic N) is 2. The summed E-state index contributed by atoms with van der Waals surface area (Å²) < 4.78 is 0. The summed E-state index contributed by atoms with van der Waals surface area (Å²) in [6.45, 7) is 3.97. The highest BCUT2D eigenvalue weighted by Gasteiger charge is 2.48. The standard InChI is InChI=1S/C19H22N2O3S/c1-10-7-8-20-17-15(10)11(2)16(25-17)18(22)21-13-6-4-3-5-12(13)9-14(21)19(23)24/h7-8,12-14H,3-6,9H2,1-2H3,(H,23,24). The largest absolute Gasteiger partial charge is 0.480 e. The van der Waals surface area contributed by atoms with Crippen LogP contribution in [0.25, 0.3) is 10.2 Å². The first-order chi connectivity index (χ1) is 12.0. The van der Waals surface area contributed by atoms with Gasteiger partial charge >= 0.3 is 5.97 Å². The van der Waals surface area contributed by atoms with E-state index in [4.69, 9.17) is 0 Å². The van der Waals surface area contributed by atoms with E-state index in [1.165, 1.54) is 11.3 Å². The third-order valence-electron chi connectivity index (χ3n) is 5.84. The molecule has 1 N–H and O–H groups in total. The molecular formula is C19H22N2O3S. The molecule has 0 bridgehead atoms. The normalized spacial score (nSPS) is 26.0. The molecule has 132 valence electrons. The van der Waals surface area contributed by atoms with Gasteiger partial charge in [0.25, 0.3) is 5.91 Å². The van der Waals surface area contributed by atoms with Crippen molar-refractivity contribution in [2.75, 3.05) is 0 Å². The Morgan fingerprint density at radius 1 is 1.28 bits per heavy atom. The van der Waals surface area contributed by atoms with Crippen LogP contribution in [0.4, 0.5) is 0 Å². The number of pyridine rings is 1. The number of carbonyl (C=O) groups excluding carboxylic acids is 1. The lowest BCUT2D eigenvalue weighted by Gasteiger charge is -2.32. The zero-order valence-corrected chi connectivity index (χ0v) is 15.3. The Morgan fingerprint density at radius 2 is 2.04 bits per heavy atom. The molecule has 1 saturated carbocycles. The van der Waals surface area contributed by atoms with Crippen LogP contribution in [0.2, 0.25) is 0 Å². The molecule has 3 atom stereocenters. The Kier molecular flexibility index (Phi) is 4.02. The minimum absolute atomic E-state index is 0.0704. The van der Waals surface area contributed by atoms with Crippen molar-refractivity contribution >= 4 is 33.4 Å². The smallest absolute Gasteiger partial charge is 0.326 e. The number of carboxylic acids is 1. The summed E-state index contributed by atoms with van der Waals surface area (Å²) in [7, 11) is 0. The van der Waals surface area contributed by atoms with E-state index in [2.05, 4.69) is 4.98 Å². The average molecular weight is 358 g/mol. The summed E-state index contributed by atoms with van der Waals surface area (Å²) in [5, 5.41) is 10.7. The molecule has 3 heterocycles. The molecule has 1 saturated heterocycles. The van der Waals surface area contributed by atoms with Gasteiger partial charge in [0, 0.05) is 17.6 Å². The van der Waals surface area contributed by atoms with Gasteiger partial charge in [0.05, 0.1) is 4.88 Å². The number of rotatable bonds is 2. The van der Waals surface area contributed by atoms with Gasteiger partial charge in [-0.15, -0.1) is 11.3 Å². The fourth-order valence-corrected chi connectivity index (χ4v) is 5.82. The number of carbonyl (C=O) groups is 2. The lowest BCUT2D eigenvalue weighted by Crippen LogP contribution is -2.46. The van der Waals surface area contributed by atoms with Crippen LogP contribution in [0.3, 0.4) is 0 Å². The van der Waals surface area contributed by atoms with E-state index in [1.807, 2.05) is 19.9 Å². The van der Waals surface area contributed by atoms with E-state index >= 15 is 0 Å². The lowest BCUT2D eigenvalue weighted by atomic mass is 9.84. The molecular weight excluding hydrogens is 336 g/mol. The van der Waals surface area contributed by atoms with Crippen molar-refractivity contribution in [2.45, 2.75) is 58.0 Å². The summed E-state index contributed by atoms with van der Waals surface area (Å²) in [5.41, 5.74) is 2.03. The number of likely N-dealkylation sites (tertiary alicyclic amines) is 1. The Hall–Kier alpha value is -1.95. The molecule has 2 aromatic heterocycles. The summed E-state index contributed by atoms with van der Waals surface area (Å²) in [5.74, 6) is -0.675. The number of fused-ring (bicyclic) bond motifs is 2. The van der Waals surface area contributed by atoms with Crippen LogP contribution in [0.5, 0.6) is 0 Å². The molecule has 1 aliphatic carbocycles. The van der Waals surface area contributed by atoms with E-state index in [1.54, 1.807) is 11.1 Å². The fraction of sp³-hybridized carbons (Fsp3) is 0.526. The molecule has 2 aromatic rings. The van der Waals surface area contributed by atoms with Crippen LogP contribution in [-0.2, 0) is 4.79 Å². The maximum absolute atomic E-state index is 13.4. The van der Waals surface area contributed by atoms with E-state index in [9.17, 15) is 14.7 Å². The molecule has 4 rings (SSSR count). The van der Waals surface area contributed by atoms with Gasteiger partial charge in [-0.1, -0.05) is 12.8 Å². The predicted molar refractivity (Wildman–Crippen MR) is 97.1 cm³/mol. The van der Waals surface area contributed by atoms with Crippen LogP contribution >= 0.6 is 11.3 Å². The molecule has 0 aromatic carbocycles. The highest BCUT2D eigenvalue weighted by atomic mass is 32.1. The number of hydrogen-bond acceptors (Lipinski definition) is 4. The number of carboxylic acid groups (broad SMARTS) is 1. The highest BCUT2D eigenvalue weighted by Crippen LogP contribution is 2.42. The van der Waals surface area contributed by atoms with Crippen molar-refractivity contribution in [1.29, 1.82) is 0 Å². The number of aryl methyl sites for hydroxylation is 2. The summed E-state index contributed by atoms with van der Waals surface area (Å²) >= 11 is 1.39. The summed E-state index contributed by atoms with van der Waals surface area (Å²) in [6, 6.07) is 1.32. The Morgan fingerprint density at radius 3 is 2.76 bits per heavy atom. The van der Waals surface area contributed by atoms with Crippen LogP contribution in [0.1, 0.15) is 52.9 Å². The zero-order chi connectivity index (χ0) is 17.7. The molecule has 1 aliphatic heterocycles. The molecule has 3 unspecified atom stereocenters. The first-order valence-electron chi connectivity index (χ1n) is 8.89. The summed E-state index contributed by atoms with van der Waals surface area (Å²) in [4.78, 5) is 32.7. The van der Waals surface area contributed by atoms with Gasteiger partial charge in [-0.3, -0.25) is 4.79 Å². The fourth-order valence-electron chi connectivity index (χ4n) is 4.65. The van der Waals surface area contributed by atoms with Gasteiger partial charge in [-0.05, 0) is 56.2 Å². The maximum atomic E-state index is 13.4. The SMILES string of the molecule is Cc1ccnc2sc(C(=O)N3C(C(=O)O)CC4CCCCC43)c(C)c12. The lowest BCUT2D eigenvalue weighted by molar-refractivity contribution is -0.141. The Balaban J connectivity index is 1.77. The van der Waals surface area contributed by atoms with Crippen LogP contribution in [-0.4, -0.2) is 39.0 Å². The zero-order valence-electron chi connectivity index (χ0n) is 14.5.